The zero-order chi connectivity index (χ0) is 37.5. The van der Waals surface area contributed by atoms with Gasteiger partial charge in [0.25, 0.3) is 5.91 Å². The van der Waals surface area contributed by atoms with Crippen LogP contribution in [0.1, 0.15) is 126 Å². The fourth-order valence-corrected chi connectivity index (χ4v) is 10.5. The van der Waals surface area contributed by atoms with Gasteiger partial charge in [0.05, 0.1) is 16.0 Å². The lowest BCUT2D eigenvalue weighted by atomic mass is 9.83. The van der Waals surface area contributed by atoms with Gasteiger partial charge in [-0.1, -0.05) is 66.7 Å². The van der Waals surface area contributed by atoms with Crippen molar-refractivity contribution in [3.63, 3.8) is 0 Å². The van der Waals surface area contributed by atoms with E-state index >= 15 is 0 Å². The lowest BCUT2D eigenvalue weighted by Gasteiger charge is -2.41. The second kappa shape index (κ2) is 12.7. The number of Topliss-reactive ketones (excluding diaryl/α,β-unsaturated/α-hetero) is 1. The number of sulfone groups is 1. The number of carbonyl (C=O) groups excluding carboxylic acids is 5. The molecule has 0 radical (unpaired) electrons. The summed E-state index contributed by atoms with van der Waals surface area (Å²) in [5.41, 5.74) is -3.15. The molecule has 0 aromatic rings. The molecular formula is C38H61N5O7S. The number of hydrogen-bond acceptors (Lipinski definition) is 7. The molecule has 13 heteroatoms. The third-order valence-corrected chi connectivity index (χ3v) is 15.8. The molecule has 0 bridgehead atoms. The Kier molecular flexibility index (Phi) is 9.48. The minimum atomic E-state index is -3.56. The van der Waals surface area contributed by atoms with Crippen LogP contribution in [0.15, 0.2) is 0 Å². The topological polar surface area (TPSA) is 171 Å². The van der Waals surface area contributed by atoms with Crippen molar-refractivity contribution in [2.75, 3.05) is 12.3 Å². The van der Waals surface area contributed by atoms with Crippen molar-refractivity contribution in [3.8, 4) is 0 Å². The molecule has 1 heterocycles. The molecule has 12 nitrogen and oxygen atoms in total. The summed E-state index contributed by atoms with van der Waals surface area (Å²) in [5.74, 6) is -1.88. The Morgan fingerprint density at radius 1 is 0.882 bits per heavy atom. The van der Waals surface area contributed by atoms with Gasteiger partial charge in [-0.2, -0.15) is 0 Å². The fraction of sp³-hybridized carbons (Fsp3) is 0.868. The molecule has 286 valence electrons. The maximum Gasteiger partial charge on any atom is 0.315 e. The number of urea groups is 1. The van der Waals surface area contributed by atoms with Crippen molar-refractivity contribution in [1.29, 1.82) is 0 Å². The van der Waals surface area contributed by atoms with Crippen molar-refractivity contribution >= 4 is 39.4 Å². The van der Waals surface area contributed by atoms with Crippen LogP contribution in [0.5, 0.6) is 0 Å². The third-order valence-electron chi connectivity index (χ3n) is 13.0. The van der Waals surface area contributed by atoms with Gasteiger partial charge in [0, 0.05) is 12.6 Å². The molecule has 1 aliphatic heterocycles. The maximum absolute atomic E-state index is 14.6. The standard InChI is InChI=1S/C38H61N5O7S/c1-34(2,3)28(40-33(48)42-37(16-10-9-11-17-37)21-51(49,50)35(4,5)6)32(47)43-20-25-26(36(25,7)8)27(43)30(45)41-38(19-23(38)18-22-12-13-22)29(44)31(46)39-24-14-15-24/h22-28H,9-21H2,1-8H3,(H,39,46)(H,41,45)(H2,40,42,48)/t23?,25-,26-,27-,28+,38?/m0/s1. The number of rotatable bonds is 12. The predicted octanol–water partition coefficient (Wildman–Crippen LogP) is 3.62. The summed E-state index contributed by atoms with van der Waals surface area (Å²) in [6.45, 7) is 15.1. The quantitative estimate of drug-likeness (QED) is 0.222. The SMILES string of the molecule is CC(C)(C)[C@H](NC(=O)NC1(CS(=O)(=O)C(C)(C)C)CCCCC1)C(=O)N1C[C@H]2[C@@H]([C@H]1C(=O)NC1(C(=O)C(=O)NC3CC3)CC1CC1CC1)C2(C)C. The number of hydrogen-bond donors (Lipinski definition) is 4. The molecular weight excluding hydrogens is 671 g/mol. The van der Waals surface area contributed by atoms with Gasteiger partial charge in [-0.25, -0.2) is 13.2 Å². The highest BCUT2D eigenvalue weighted by molar-refractivity contribution is 7.92. The van der Waals surface area contributed by atoms with E-state index in [4.69, 9.17) is 0 Å². The summed E-state index contributed by atoms with van der Waals surface area (Å²) in [6, 6.07) is -2.46. The minimum absolute atomic E-state index is 0.0146. The van der Waals surface area contributed by atoms with Crippen molar-refractivity contribution in [2.24, 2.45) is 34.5 Å². The monoisotopic (exact) mass is 731 g/mol. The zero-order valence-electron chi connectivity index (χ0n) is 31.9. The number of nitrogens with one attached hydrogen (secondary N) is 4. The summed E-state index contributed by atoms with van der Waals surface area (Å²) in [5, 5.41) is 11.8. The normalized spacial score (nSPS) is 31.5. The van der Waals surface area contributed by atoms with Crippen molar-refractivity contribution in [2.45, 2.75) is 160 Å². The summed E-state index contributed by atoms with van der Waals surface area (Å²) in [4.78, 5) is 71.1. The Hall–Kier alpha value is -2.70. The van der Waals surface area contributed by atoms with Crippen LogP contribution in [0.3, 0.4) is 0 Å². The number of carbonyl (C=O) groups is 5. The molecule has 0 aromatic carbocycles. The van der Waals surface area contributed by atoms with Crippen LogP contribution in [0.4, 0.5) is 4.79 Å². The highest BCUT2D eigenvalue weighted by atomic mass is 32.2. The molecule has 0 spiro atoms. The number of fused-ring (bicyclic) bond motifs is 1. The molecule has 5 amide bonds. The van der Waals surface area contributed by atoms with Gasteiger partial charge in [-0.05, 0) is 93.8 Å². The van der Waals surface area contributed by atoms with Gasteiger partial charge >= 0.3 is 6.03 Å². The van der Waals surface area contributed by atoms with Gasteiger partial charge < -0.3 is 26.2 Å². The van der Waals surface area contributed by atoms with Gasteiger partial charge in [0.2, 0.25) is 17.6 Å². The molecule has 6 rings (SSSR count). The lowest BCUT2D eigenvalue weighted by Crippen LogP contribution is -2.64. The molecule has 6 fully saturated rings. The molecule has 5 saturated carbocycles. The first kappa shape index (κ1) is 38.0. The molecule has 51 heavy (non-hydrogen) atoms. The van der Waals surface area contributed by atoms with E-state index < -0.39 is 72.7 Å². The highest BCUT2D eigenvalue weighted by Crippen LogP contribution is 2.65. The number of piperidine rings is 1. The lowest BCUT2D eigenvalue weighted by molar-refractivity contribution is -0.146. The van der Waals surface area contributed by atoms with Crippen molar-refractivity contribution in [1.82, 2.24) is 26.2 Å². The average molecular weight is 732 g/mol. The Morgan fingerprint density at radius 3 is 2.06 bits per heavy atom. The van der Waals surface area contributed by atoms with Crippen LogP contribution in [-0.2, 0) is 29.0 Å². The van der Waals surface area contributed by atoms with E-state index in [1.807, 2.05) is 20.8 Å². The molecule has 0 aromatic heterocycles. The number of nitrogens with zero attached hydrogens (tertiary/aromatic N) is 1. The van der Waals surface area contributed by atoms with E-state index in [2.05, 4.69) is 35.1 Å². The van der Waals surface area contributed by atoms with E-state index in [9.17, 15) is 32.4 Å². The fourth-order valence-electron chi connectivity index (χ4n) is 8.98. The van der Waals surface area contributed by atoms with Crippen LogP contribution in [0.2, 0.25) is 0 Å². The number of amides is 5. The Bertz CT molecular complexity index is 1560. The molecule has 2 unspecified atom stereocenters. The van der Waals surface area contributed by atoms with Gasteiger partial charge in [0.15, 0.2) is 9.84 Å². The van der Waals surface area contributed by atoms with E-state index in [0.717, 1.165) is 51.4 Å². The van der Waals surface area contributed by atoms with E-state index in [0.29, 0.717) is 31.7 Å². The summed E-state index contributed by atoms with van der Waals surface area (Å²) in [7, 11) is -3.56. The first-order valence-electron chi connectivity index (χ1n) is 19.3. The van der Waals surface area contributed by atoms with Crippen molar-refractivity contribution in [3.05, 3.63) is 0 Å². The molecule has 4 N–H and O–H groups in total. The Labute approximate surface area is 304 Å². The Balaban J connectivity index is 1.21. The predicted molar refractivity (Wildman–Crippen MR) is 193 cm³/mol. The van der Waals surface area contributed by atoms with E-state index in [1.54, 1.807) is 25.7 Å². The highest BCUT2D eigenvalue weighted by Gasteiger charge is 2.71. The molecule has 6 aliphatic rings. The number of likely N-dealkylation sites (tertiary alicyclic amines) is 1. The maximum atomic E-state index is 14.6. The van der Waals surface area contributed by atoms with Crippen molar-refractivity contribution < 1.29 is 32.4 Å². The zero-order valence-corrected chi connectivity index (χ0v) is 32.8. The second-order valence-electron chi connectivity index (χ2n) is 19.6. The smallest absolute Gasteiger partial charge is 0.315 e. The van der Waals surface area contributed by atoms with Gasteiger partial charge in [-0.15, -0.1) is 0 Å². The van der Waals surface area contributed by atoms with Gasteiger partial charge in [-0.3, -0.25) is 19.2 Å². The largest absolute Gasteiger partial charge is 0.347 e. The summed E-state index contributed by atoms with van der Waals surface area (Å²) < 4.78 is 25.7. The second-order valence-corrected chi connectivity index (χ2v) is 22.4. The molecule has 1 saturated heterocycles. The van der Waals surface area contributed by atoms with E-state index in [1.165, 1.54) is 0 Å². The van der Waals surface area contributed by atoms with Crippen LogP contribution in [0.25, 0.3) is 0 Å². The summed E-state index contributed by atoms with van der Waals surface area (Å²) >= 11 is 0. The Morgan fingerprint density at radius 2 is 1.51 bits per heavy atom. The summed E-state index contributed by atoms with van der Waals surface area (Å²) in [6.07, 6.45) is 8.67. The number of ketones is 1. The van der Waals surface area contributed by atoms with E-state index in [-0.39, 0.29) is 35.0 Å². The first-order valence-corrected chi connectivity index (χ1v) is 21.0. The first-order chi connectivity index (χ1) is 23.5. The van der Waals surface area contributed by atoms with Crippen LogP contribution in [0, 0.1) is 34.5 Å². The third kappa shape index (κ3) is 7.56. The molecule has 6 atom stereocenters. The van der Waals surface area contributed by atoms with Crippen LogP contribution < -0.4 is 21.3 Å². The molecule has 5 aliphatic carbocycles. The minimum Gasteiger partial charge on any atom is -0.347 e. The average Bonchev–Trinajstić information content (AvgIpc) is 3.92. The van der Waals surface area contributed by atoms with Crippen LogP contribution >= 0.6 is 0 Å². The van der Waals surface area contributed by atoms with Gasteiger partial charge in [0.1, 0.15) is 17.6 Å². The van der Waals surface area contributed by atoms with Crippen LogP contribution in [-0.4, -0.2) is 89.1 Å².